The summed E-state index contributed by atoms with van der Waals surface area (Å²) < 4.78 is 0. The first-order valence-electron chi connectivity index (χ1n) is 5.93. The quantitative estimate of drug-likeness (QED) is 0.741. The standard InChI is InChI=1S/C14H16O3/c1-3-4-5-10-8-11-6-7-12(10)14(11,9(2)15)13(16)17/h6-8H,3-5H2,1-2H3,(H,16,17). The van der Waals surface area contributed by atoms with Gasteiger partial charge in [-0.2, -0.15) is 0 Å². The minimum atomic E-state index is -1.40. The second-order valence-electron chi connectivity index (χ2n) is 4.59. The number of carbonyl (C=O) groups excluding carboxylic acids is 1. The molecule has 0 radical (unpaired) electrons. The second kappa shape index (κ2) is 3.99. The Morgan fingerprint density at radius 1 is 1.35 bits per heavy atom. The van der Waals surface area contributed by atoms with Crippen molar-refractivity contribution < 1.29 is 14.7 Å². The number of rotatable bonds is 5. The van der Waals surface area contributed by atoms with E-state index in [9.17, 15) is 14.7 Å². The highest BCUT2D eigenvalue weighted by Crippen LogP contribution is 2.51. The zero-order chi connectivity index (χ0) is 12.6. The molecule has 0 aliphatic heterocycles. The third kappa shape index (κ3) is 1.42. The summed E-state index contributed by atoms with van der Waals surface area (Å²) >= 11 is 0. The molecule has 0 saturated heterocycles. The topological polar surface area (TPSA) is 54.4 Å². The number of allylic oxidation sites excluding steroid dienone is 4. The van der Waals surface area contributed by atoms with Crippen molar-refractivity contribution in [2.45, 2.75) is 33.1 Å². The first-order chi connectivity index (χ1) is 8.05. The van der Waals surface area contributed by atoms with E-state index in [0.717, 1.165) is 24.8 Å². The fourth-order valence-electron chi connectivity index (χ4n) is 2.70. The number of fused-ring (bicyclic) bond motifs is 2. The minimum absolute atomic E-state index is 0.303. The monoisotopic (exact) mass is 232 g/mol. The molecule has 0 aromatic carbocycles. The van der Waals surface area contributed by atoms with Crippen LogP contribution in [-0.4, -0.2) is 16.9 Å². The van der Waals surface area contributed by atoms with Crippen LogP contribution in [0.25, 0.3) is 0 Å². The van der Waals surface area contributed by atoms with Crippen LogP contribution >= 0.6 is 0 Å². The van der Waals surface area contributed by atoms with E-state index in [0.29, 0.717) is 11.1 Å². The van der Waals surface area contributed by atoms with Crippen LogP contribution in [0.2, 0.25) is 0 Å². The van der Waals surface area contributed by atoms with Gasteiger partial charge in [-0.1, -0.05) is 31.6 Å². The molecule has 2 rings (SSSR count). The molecule has 0 aromatic heterocycles. The van der Waals surface area contributed by atoms with E-state index >= 15 is 0 Å². The van der Waals surface area contributed by atoms with Gasteiger partial charge >= 0.3 is 5.97 Å². The summed E-state index contributed by atoms with van der Waals surface area (Å²) in [5, 5.41) is 9.42. The molecular formula is C14H16O3. The van der Waals surface area contributed by atoms with Gasteiger partial charge in [0.15, 0.2) is 11.2 Å². The summed E-state index contributed by atoms with van der Waals surface area (Å²) in [6.45, 7) is 3.45. The van der Waals surface area contributed by atoms with Crippen molar-refractivity contribution in [1.82, 2.24) is 0 Å². The fourth-order valence-corrected chi connectivity index (χ4v) is 2.70. The summed E-state index contributed by atoms with van der Waals surface area (Å²) in [5.41, 5.74) is 0.921. The molecule has 0 spiro atoms. The molecule has 3 heteroatoms. The summed E-state index contributed by atoms with van der Waals surface area (Å²) in [6.07, 6.45) is 8.34. The fraction of sp³-hybridized carbons (Fsp3) is 0.429. The molecule has 2 aliphatic carbocycles. The maximum Gasteiger partial charge on any atom is 0.326 e. The Hall–Kier alpha value is -1.64. The van der Waals surface area contributed by atoms with E-state index < -0.39 is 11.4 Å². The van der Waals surface area contributed by atoms with Crippen molar-refractivity contribution >= 4 is 11.8 Å². The molecule has 2 bridgehead atoms. The molecule has 1 atom stereocenters. The number of Topliss-reactive ketones (excluding diaryl/α,β-unsaturated/α-hetero) is 1. The number of carboxylic acids is 1. The normalized spacial score (nSPS) is 25.4. The minimum Gasteiger partial charge on any atom is -0.480 e. The molecule has 17 heavy (non-hydrogen) atoms. The summed E-state index contributed by atoms with van der Waals surface area (Å²) in [6, 6.07) is 0. The van der Waals surface area contributed by atoms with Gasteiger partial charge < -0.3 is 5.11 Å². The zero-order valence-electron chi connectivity index (χ0n) is 10.1. The van der Waals surface area contributed by atoms with Crippen LogP contribution in [0.15, 0.2) is 34.9 Å². The number of unbranched alkanes of at least 4 members (excludes halogenated alkanes) is 1. The van der Waals surface area contributed by atoms with Gasteiger partial charge in [-0.25, -0.2) is 0 Å². The average Bonchev–Trinajstić information content (AvgIpc) is 2.79. The van der Waals surface area contributed by atoms with E-state index in [1.165, 1.54) is 6.92 Å². The smallest absolute Gasteiger partial charge is 0.326 e. The first-order valence-corrected chi connectivity index (χ1v) is 5.93. The van der Waals surface area contributed by atoms with E-state index in [1.54, 1.807) is 12.2 Å². The van der Waals surface area contributed by atoms with Crippen molar-refractivity contribution in [2.75, 3.05) is 0 Å². The Morgan fingerprint density at radius 3 is 2.53 bits per heavy atom. The number of hydrogen-bond acceptors (Lipinski definition) is 2. The van der Waals surface area contributed by atoms with E-state index in [1.807, 2.05) is 6.08 Å². The molecule has 3 nitrogen and oxygen atoms in total. The van der Waals surface area contributed by atoms with Gasteiger partial charge in [0, 0.05) is 0 Å². The van der Waals surface area contributed by atoms with Crippen LogP contribution in [0.3, 0.4) is 0 Å². The lowest BCUT2D eigenvalue weighted by atomic mass is 9.77. The van der Waals surface area contributed by atoms with E-state index in [-0.39, 0.29) is 5.78 Å². The van der Waals surface area contributed by atoms with Gasteiger partial charge in [0.2, 0.25) is 0 Å². The highest BCUT2D eigenvalue weighted by atomic mass is 16.4. The van der Waals surface area contributed by atoms with Crippen molar-refractivity contribution in [3.8, 4) is 0 Å². The third-order valence-electron chi connectivity index (χ3n) is 3.59. The van der Waals surface area contributed by atoms with Crippen LogP contribution in [0.1, 0.15) is 33.1 Å². The number of carboxylic acid groups (broad SMARTS) is 1. The highest BCUT2D eigenvalue weighted by Gasteiger charge is 2.54. The van der Waals surface area contributed by atoms with Gasteiger partial charge in [0.25, 0.3) is 0 Å². The van der Waals surface area contributed by atoms with Gasteiger partial charge in [-0.3, -0.25) is 9.59 Å². The molecule has 0 fully saturated rings. The Bertz CT molecular complexity index is 464. The van der Waals surface area contributed by atoms with Crippen LogP contribution < -0.4 is 0 Å². The van der Waals surface area contributed by atoms with Crippen LogP contribution in [-0.2, 0) is 9.59 Å². The molecule has 1 unspecified atom stereocenters. The SMILES string of the molecule is CCCCC1=C2C=CC(=C1)C2(C(C)=O)C(=O)O. The first kappa shape index (κ1) is 11.8. The maximum atomic E-state index is 11.8. The largest absolute Gasteiger partial charge is 0.480 e. The van der Waals surface area contributed by atoms with Crippen molar-refractivity contribution in [3.63, 3.8) is 0 Å². The van der Waals surface area contributed by atoms with Crippen LogP contribution in [0.5, 0.6) is 0 Å². The Kier molecular flexibility index (Phi) is 2.77. The lowest BCUT2D eigenvalue weighted by Gasteiger charge is -2.21. The molecule has 90 valence electrons. The van der Waals surface area contributed by atoms with E-state index in [4.69, 9.17) is 0 Å². The van der Waals surface area contributed by atoms with Crippen LogP contribution in [0, 0.1) is 5.41 Å². The molecule has 0 amide bonds. The Balaban J connectivity index is 2.47. The van der Waals surface area contributed by atoms with Crippen LogP contribution in [0.4, 0.5) is 0 Å². The van der Waals surface area contributed by atoms with Gasteiger partial charge in [0.1, 0.15) is 0 Å². The zero-order valence-corrected chi connectivity index (χ0v) is 10.1. The molecule has 2 aliphatic rings. The number of hydrogen-bond donors (Lipinski definition) is 1. The second-order valence-corrected chi connectivity index (χ2v) is 4.59. The number of aliphatic carboxylic acids is 1. The molecule has 0 aromatic rings. The molecule has 0 saturated carbocycles. The predicted octanol–water partition coefficient (Wildman–Crippen LogP) is 2.64. The third-order valence-corrected chi connectivity index (χ3v) is 3.59. The molecule has 0 heterocycles. The Labute approximate surface area is 101 Å². The van der Waals surface area contributed by atoms with Crippen molar-refractivity contribution in [3.05, 3.63) is 34.9 Å². The Morgan fingerprint density at radius 2 is 2.06 bits per heavy atom. The summed E-state index contributed by atoms with van der Waals surface area (Å²) in [4.78, 5) is 23.3. The maximum absolute atomic E-state index is 11.8. The van der Waals surface area contributed by atoms with Gasteiger partial charge in [0.05, 0.1) is 0 Å². The lowest BCUT2D eigenvalue weighted by Crippen LogP contribution is -2.37. The van der Waals surface area contributed by atoms with Crippen molar-refractivity contribution in [1.29, 1.82) is 0 Å². The number of ketones is 1. The average molecular weight is 232 g/mol. The van der Waals surface area contributed by atoms with Gasteiger partial charge in [-0.05, 0) is 36.5 Å². The van der Waals surface area contributed by atoms with E-state index in [2.05, 4.69) is 6.92 Å². The molecule has 1 N–H and O–H groups in total. The summed E-state index contributed by atoms with van der Waals surface area (Å²) in [7, 11) is 0. The highest BCUT2D eigenvalue weighted by molar-refractivity contribution is 6.12. The summed E-state index contributed by atoms with van der Waals surface area (Å²) in [5.74, 6) is -1.36. The molecular weight excluding hydrogens is 216 g/mol. The number of carbonyl (C=O) groups is 2. The van der Waals surface area contributed by atoms with Gasteiger partial charge in [-0.15, -0.1) is 0 Å². The predicted molar refractivity (Wildman–Crippen MR) is 64.5 cm³/mol. The van der Waals surface area contributed by atoms with Crippen molar-refractivity contribution in [2.24, 2.45) is 5.41 Å². The lowest BCUT2D eigenvalue weighted by molar-refractivity contribution is -0.148.